The highest BCUT2D eigenvalue weighted by atomic mass is 16.5. The smallest absolute Gasteiger partial charge is 0.122 e. The predicted octanol–water partition coefficient (Wildman–Crippen LogP) is 2.68. The molecule has 3 nitrogen and oxygen atoms in total. The Labute approximate surface area is 107 Å². The maximum Gasteiger partial charge on any atom is 0.122 e. The number of para-hydroxylation sites is 1. The summed E-state index contributed by atoms with van der Waals surface area (Å²) in [7, 11) is 0. The van der Waals surface area contributed by atoms with Crippen LogP contribution in [0.2, 0.25) is 0 Å². The van der Waals surface area contributed by atoms with Gasteiger partial charge in [-0.25, -0.2) is 0 Å². The summed E-state index contributed by atoms with van der Waals surface area (Å²) in [6.07, 6.45) is 1.01. The molecule has 0 spiro atoms. The number of furan rings is 1. The van der Waals surface area contributed by atoms with Crippen molar-refractivity contribution < 1.29 is 9.15 Å². The van der Waals surface area contributed by atoms with Gasteiger partial charge in [-0.3, -0.25) is 0 Å². The van der Waals surface area contributed by atoms with E-state index in [9.17, 15) is 0 Å². The zero-order valence-corrected chi connectivity index (χ0v) is 10.5. The van der Waals surface area contributed by atoms with E-state index in [1.807, 2.05) is 31.2 Å². The van der Waals surface area contributed by atoms with Crippen LogP contribution in [-0.4, -0.2) is 12.6 Å². The molecule has 0 bridgehead atoms. The zero-order valence-electron chi connectivity index (χ0n) is 10.5. The van der Waals surface area contributed by atoms with E-state index in [1.54, 1.807) is 0 Å². The van der Waals surface area contributed by atoms with Gasteiger partial charge < -0.3 is 14.5 Å². The molecule has 3 rings (SSSR count). The molecule has 2 heterocycles. The van der Waals surface area contributed by atoms with E-state index in [4.69, 9.17) is 9.15 Å². The summed E-state index contributed by atoms with van der Waals surface area (Å²) >= 11 is 0. The van der Waals surface area contributed by atoms with Gasteiger partial charge in [0, 0.05) is 6.04 Å². The fourth-order valence-corrected chi connectivity index (χ4v) is 2.28. The van der Waals surface area contributed by atoms with E-state index in [0.29, 0.717) is 6.04 Å². The molecule has 18 heavy (non-hydrogen) atoms. The van der Waals surface area contributed by atoms with Crippen molar-refractivity contribution in [2.45, 2.75) is 25.9 Å². The van der Waals surface area contributed by atoms with Crippen molar-refractivity contribution in [3.63, 3.8) is 0 Å². The summed E-state index contributed by atoms with van der Waals surface area (Å²) in [5, 5.41) is 3.47. The third kappa shape index (κ3) is 2.41. The Bertz CT molecular complexity index is 533. The first-order chi connectivity index (χ1) is 8.81. The summed E-state index contributed by atoms with van der Waals surface area (Å²) in [4.78, 5) is 0. The third-order valence-electron chi connectivity index (χ3n) is 3.24. The van der Waals surface area contributed by atoms with Gasteiger partial charge in [-0.05, 0) is 37.1 Å². The maximum absolute atomic E-state index is 5.74. The van der Waals surface area contributed by atoms with E-state index in [-0.39, 0.29) is 0 Å². The van der Waals surface area contributed by atoms with Gasteiger partial charge in [0.15, 0.2) is 0 Å². The molecule has 3 heteroatoms. The molecule has 0 unspecified atom stereocenters. The third-order valence-corrected chi connectivity index (χ3v) is 3.24. The van der Waals surface area contributed by atoms with Gasteiger partial charge in [-0.2, -0.15) is 0 Å². The largest absolute Gasteiger partial charge is 0.492 e. The van der Waals surface area contributed by atoms with Crippen molar-refractivity contribution in [1.82, 2.24) is 5.32 Å². The SMILES string of the molecule is Cc1ccc(CN[C@@H]2COc3ccccc3C2)o1. The number of benzene rings is 1. The standard InChI is InChI=1S/C15H17NO2/c1-11-6-7-14(18-11)9-16-13-8-12-4-2-3-5-15(12)17-10-13/h2-7,13,16H,8-10H2,1H3/t13-/m0/s1. The van der Waals surface area contributed by atoms with E-state index in [2.05, 4.69) is 17.4 Å². The number of aryl methyl sites for hydroxylation is 1. The Morgan fingerprint density at radius 1 is 1.22 bits per heavy atom. The predicted molar refractivity (Wildman–Crippen MR) is 69.7 cm³/mol. The van der Waals surface area contributed by atoms with Crippen molar-refractivity contribution in [1.29, 1.82) is 0 Å². The summed E-state index contributed by atoms with van der Waals surface area (Å²) in [6, 6.07) is 12.6. The Kier molecular flexibility index (Phi) is 3.07. The van der Waals surface area contributed by atoms with Gasteiger partial charge in [0.2, 0.25) is 0 Å². The zero-order chi connectivity index (χ0) is 12.4. The number of hydrogen-bond donors (Lipinski definition) is 1. The number of ether oxygens (including phenoxy) is 1. The molecule has 94 valence electrons. The van der Waals surface area contributed by atoms with Gasteiger partial charge in [-0.15, -0.1) is 0 Å². The van der Waals surface area contributed by atoms with Crippen LogP contribution in [0.25, 0.3) is 0 Å². The van der Waals surface area contributed by atoms with E-state index in [0.717, 1.165) is 36.8 Å². The molecular weight excluding hydrogens is 226 g/mol. The van der Waals surface area contributed by atoms with Gasteiger partial charge in [0.1, 0.15) is 23.9 Å². The lowest BCUT2D eigenvalue weighted by molar-refractivity contribution is 0.235. The maximum atomic E-state index is 5.74. The second-order valence-electron chi connectivity index (χ2n) is 4.71. The lowest BCUT2D eigenvalue weighted by atomic mass is 10.0. The van der Waals surface area contributed by atoms with Crippen LogP contribution >= 0.6 is 0 Å². The Morgan fingerprint density at radius 2 is 2.11 bits per heavy atom. The molecule has 0 saturated carbocycles. The average Bonchev–Trinajstić information content (AvgIpc) is 2.82. The molecule has 1 aliphatic heterocycles. The number of nitrogens with one attached hydrogen (secondary N) is 1. The molecule has 1 aromatic carbocycles. The first-order valence-electron chi connectivity index (χ1n) is 6.30. The van der Waals surface area contributed by atoms with E-state index < -0.39 is 0 Å². The van der Waals surface area contributed by atoms with Crippen molar-refractivity contribution in [2.24, 2.45) is 0 Å². The molecular formula is C15H17NO2. The summed E-state index contributed by atoms with van der Waals surface area (Å²) < 4.78 is 11.3. The van der Waals surface area contributed by atoms with Crippen LogP contribution in [0.15, 0.2) is 40.8 Å². The second kappa shape index (κ2) is 4.86. The second-order valence-corrected chi connectivity index (χ2v) is 4.71. The topological polar surface area (TPSA) is 34.4 Å². The van der Waals surface area contributed by atoms with Crippen molar-refractivity contribution in [3.05, 3.63) is 53.5 Å². The molecule has 0 saturated heterocycles. The van der Waals surface area contributed by atoms with Crippen LogP contribution in [0.3, 0.4) is 0 Å². The summed E-state index contributed by atoms with van der Waals surface area (Å²) in [5.74, 6) is 2.95. The molecule has 0 fully saturated rings. The van der Waals surface area contributed by atoms with Crippen LogP contribution < -0.4 is 10.1 Å². The monoisotopic (exact) mass is 243 g/mol. The summed E-state index contributed by atoms with van der Waals surface area (Å²) in [6.45, 7) is 3.43. The van der Waals surface area contributed by atoms with Crippen molar-refractivity contribution in [3.8, 4) is 5.75 Å². The molecule has 0 amide bonds. The first kappa shape index (κ1) is 11.4. The molecule has 1 aromatic heterocycles. The van der Waals surface area contributed by atoms with E-state index in [1.165, 1.54) is 5.56 Å². The average molecular weight is 243 g/mol. The van der Waals surface area contributed by atoms with Crippen molar-refractivity contribution in [2.75, 3.05) is 6.61 Å². The minimum absolute atomic E-state index is 0.352. The lowest BCUT2D eigenvalue weighted by Crippen LogP contribution is -2.38. The highest BCUT2D eigenvalue weighted by Crippen LogP contribution is 2.24. The molecule has 1 N–H and O–H groups in total. The minimum atomic E-state index is 0.352. The Morgan fingerprint density at radius 3 is 2.94 bits per heavy atom. The normalized spacial score (nSPS) is 18.2. The molecule has 1 atom stereocenters. The lowest BCUT2D eigenvalue weighted by Gasteiger charge is -2.25. The Hall–Kier alpha value is -1.74. The fraction of sp³-hybridized carbons (Fsp3) is 0.333. The Balaban J connectivity index is 1.59. The number of rotatable bonds is 3. The van der Waals surface area contributed by atoms with Crippen LogP contribution in [0.5, 0.6) is 5.75 Å². The highest BCUT2D eigenvalue weighted by Gasteiger charge is 2.18. The van der Waals surface area contributed by atoms with Crippen molar-refractivity contribution >= 4 is 0 Å². The summed E-state index contributed by atoms with van der Waals surface area (Å²) in [5.41, 5.74) is 1.27. The molecule has 2 aromatic rings. The fourth-order valence-electron chi connectivity index (χ4n) is 2.28. The van der Waals surface area contributed by atoms with Crippen LogP contribution in [0.4, 0.5) is 0 Å². The molecule has 1 aliphatic rings. The quantitative estimate of drug-likeness (QED) is 0.900. The van der Waals surface area contributed by atoms with Gasteiger partial charge in [0.25, 0.3) is 0 Å². The molecule has 0 radical (unpaired) electrons. The van der Waals surface area contributed by atoms with Gasteiger partial charge >= 0.3 is 0 Å². The first-order valence-corrected chi connectivity index (χ1v) is 6.30. The van der Waals surface area contributed by atoms with Gasteiger partial charge in [0.05, 0.1) is 6.54 Å². The molecule has 0 aliphatic carbocycles. The minimum Gasteiger partial charge on any atom is -0.492 e. The van der Waals surface area contributed by atoms with Crippen LogP contribution in [0, 0.1) is 6.92 Å². The number of fused-ring (bicyclic) bond motifs is 1. The van der Waals surface area contributed by atoms with Gasteiger partial charge in [-0.1, -0.05) is 18.2 Å². The van der Waals surface area contributed by atoms with E-state index >= 15 is 0 Å². The number of hydrogen-bond acceptors (Lipinski definition) is 3. The van der Waals surface area contributed by atoms with Crippen LogP contribution in [0.1, 0.15) is 17.1 Å². The highest BCUT2D eigenvalue weighted by molar-refractivity contribution is 5.35. The van der Waals surface area contributed by atoms with Crippen LogP contribution in [-0.2, 0) is 13.0 Å².